The van der Waals surface area contributed by atoms with Gasteiger partial charge in [0, 0.05) is 19.3 Å². The largest absolute Gasteiger partial charge is 0.462 e. The summed E-state index contributed by atoms with van der Waals surface area (Å²) in [5.41, 5.74) is 0. The van der Waals surface area contributed by atoms with Crippen LogP contribution in [0.1, 0.15) is 252 Å². The van der Waals surface area contributed by atoms with Gasteiger partial charge in [-0.05, 0) is 116 Å². The maximum Gasteiger partial charge on any atom is 0.306 e. The molecule has 6 heteroatoms. The molecule has 0 aliphatic heterocycles. The van der Waals surface area contributed by atoms with Crippen LogP contribution in [0.15, 0.2) is 122 Å². The monoisotopic (exact) mass is 983 g/mol. The Kier molecular flexibility index (Phi) is 54.9. The summed E-state index contributed by atoms with van der Waals surface area (Å²) in [6.07, 6.45) is 80.6. The molecular weight excluding hydrogens is 877 g/mol. The van der Waals surface area contributed by atoms with Crippen LogP contribution in [0.4, 0.5) is 0 Å². The first kappa shape index (κ1) is 66.8. The first-order valence-corrected chi connectivity index (χ1v) is 29.0. The Hall–Kier alpha value is -4.19. The minimum atomic E-state index is -0.841. The number of carbonyl (C=O) groups is 3. The fourth-order valence-corrected chi connectivity index (χ4v) is 7.60. The van der Waals surface area contributed by atoms with Crippen LogP contribution >= 0.6 is 0 Å². The molecule has 1 atom stereocenters. The van der Waals surface area contributed by atoms with Crippen LogP contribution in [0.25, 0.3) is 0 Å². The zero-order valence-corrected chi connectivity index (χ0v) is 45.9. The Bertz CT molecular complexity index is 1500. The first-order chi connectivity index (χ1) is 35.0. The number of hydrogen-bond acceptors (Lipinski definition) is 6. The number of esters is 3. The molecule has 0 bridgehead atoms. The number of rotatable bonds is 51. The molecule has 0 aromatic rings. The molecule has 0 aromatic carbocycles. The maximum absolute atomic E-state index is 12.8. The van der Waals surface area contributed by atoms with E-state index in [9.17, 15) is 14.4 Å². The summed E-state index contributed by atoms with van der Waals surface area (Å²) >= 11 is 0. The molecule has 0 aromatic heterocycles. The molecule has 6 nitrogen and oxygen atoms in total. The molecule has 0 radical (unpaired) electrons. The van der Waals surface area contributed by atoms with Gasteiger partial charge in [-0.3, -0.25) is 14.4 Å². The predicted molar refractivity (Wildman–Crippen MR) is 306 cm³/mol. The molecular formula is C65H106O6. The van der Waals surface area contributed by atoms with E-state index in [0.717, 1.165) is 77.0 Å². The third-order valence-corrected chi connectivity index (χ3v) is 11.9. The van der Waals surface area contributed by atoms with E-state index in [4.69, 9.17) is 14.2 Å². The second-order valence-electron chi connectivity index (χ2n) is 18.8. The van der Waals surface area contributed by atoms with Gasteiger partial charge in [0.05, 0.1) is 0 Å². The summed E-state index contributed by atoms with van der Waals surface area (Å²) in [5, 5.41) is 0. The number of allylic oxidation sites excluding steroid dienone is 20. The first-order valence-electron chi connectivity index (χ1n) is 29.0. The average molecular weight is 984 g/mol. The fraction of sp³-hybridized carbons (Fsp3) is 0.646. The van der Waals surface area contributed by atoms with E-state index in [1.54, 1.807) is 0 Å². The number of carbonyl (C=O) groups excluding carboxylic acids is 3. The molecule has 0 spiro atoms. The van der Waals surface area contributed by atoms with Crippen molar-refractivity contribution in [3.8, 4) is 0 Å². The maximum atomic E-state index is 12.8. The Labute approximate surface area is 437 Å². The highest BCUT2D eigenvalue weighted by molar-refractivity contribution is 5.71. The standard InChI is InChI=1S/C65H106O6/c1-4-7-10-13-16-19-22-25-28-31-32-35-37-40-43-46-49-52-55-58-64(67)70-61-62(71-65(68)59-56-53-50-47-44-41-38-34-30-27-24-21-18-15-12-9-6-3)60-69-63(66)57-54-51-48-45-42-39-36-33-29-26-23-20-17-14-11-8-5-2/h7,10,16,19,25-30,32,35,38,40-41,43,47,49-50,52,62H,4-6,8-9,11-15,17-18,20-24,31,33-34,36-37,39,42,44-46,48,51,53-61H2,1-3H3/b10-7-,19-16-,28-25-,29-26-,30-27-,35-32-,41-38-,43-40-,50-47-,52-49-. The third kappa shape index (κ3) is 56.6. The second kappa shape index (κ2) is 58.4. The number of unbranched alkanes of at least 4 members (excludes halogenated alkanes) is 20. The van der Waals surface area contributed by atoms with Gasteiger partial charge in [0.25, 0.3) is 0 Å². The molecule has 0 N–H and O–H groups in total. The van der Waals surface area contributed by atoms with Gasteiger partial charge in [-0.15, -0.1) is 0 Å². The molecule has 0 aliphatic rings. The molecule has 0 saturated carbocycles. The highest BCUT2D eigenvalue weighted by atomic mass is 16.6. The van der Waals surface area contributed by atoms with Crippen LogP contribution in [0.5, 0.6) is 0 Å². The lowest BCUT2D eigenvalue weighted by atomic mass is 10.1. The van der Waals surface area contributed by atoms with E-state index in [0.29, 0.717) is 19.3 Å². The van der Waals surface area contributed by atoms with Crippen LogP contribution in [0.3, 0.4) is 0 Å². The Morgan fingerprint density at radius 2 is 0.592 bits per heavy atom. The van der Waals surface area contributed by atoms with E-state index in [2.05, 4.69) is 130 Å². The molecule has 0 aliphatic carbocycles. The van der Waals surface area contributed by atoms with E-state index >= 15 is 0 Å². The molecule has 0 saturated heterocycles. The third-order valence-electron chi connectivity index (χ3n) is 11.9. The molecule has 71 heavy (non-hydrogen) atoms. The quantitative estimate of drug-likeness (QED) is 0.0261. The van der Waals surface area contributed by atoms with E-state index < -0.39 is 6.10 Å². The van der Waals surface area contributed by atoms with Crippen molar-refractivity contribution in [2.24, 2.45) is 0 Å². The van der Waals surface area contributed by atoms with Gasteiger partial charge < -0.3 is 14.2 Å². The van der Waals surface area contributed by atoms with Crippen LogP contribution in [0.2, 0.25) is 0 Å². The topological polar surface area (TPSA) is 78.9 Å². The van der Waals surface area contributed by atoms with Crippen LogP contribution in [0, 0.1) is 0 Å². The van der Waals surface area contributed by atoms with Gasteiger partial charge in [-0.2, -0.15) is 0 Å². The summed E-state index contributed by atoms with van der Waals surface area (Å²) < 4.78 is 16.7. The zero-order chi connectivity index (χ0) is 51.4. The van der Waals surface area contributed by atoms with E-state index in [1.165, 1.54) is 122 Å². The van der Waals surface area contributed by atoms with Crippen LogP contribution in [-0.2, 0) is 28.6 Å². The normalized spacial score (nSPS) is 13.0. The summed E-state index contributed by atoms with van der Waals surface area (Å²) in [7, 11) is 0. The van der Waals surface area contributed by atoms with Crippen molar-refractivity contribution >= 4 is 17.9 Å². The molecule has 0 amide bonds. The molecule has 0 rings (SSSR count). The number of hydrogen-bond donors (Lipinski definition) is 0. The summed E-state index contributed by atoms with van der Waals surface area (Å²) in [5.74, 6) is -1.07. The molecule has 402 valence electrons. The lowest BCUT2D eigenvalue weighted by molar-refractivity contribution is -0.166. The highest BCUT2D eigenvalue weighted by Crippen LogP contribution is 2.13. The SMILES string of the molecule is CC/C=C\C/C=C\C/C=C\C/C=C\C/C=C\C/C=C\CCC(=O)OCC(COC(=O)CCCCCCCCC/C=C\CCCCCCCC)OC(=O)CCC/C=C\C/C=C\C/C=C\CCCCCCCC. The highest BCUT2D eigenvalue weighted by Gasteiger charge is 2.19. The van der Waals surface area contributed by atoms with Gasteiger partial charge in [0.15, 0.2) is 6.10 Å². The van der Waals surface area contributed by atoms with Crippen LogP contribution < -0.4 is 0 Å². The lowest BCUT2D eigenvalue weighted by Crippen LogP contribution is -2.30. The van der Waals surface area contributed by atoms with Crippen molar-refractivity contribution in [2.45, 2.75) is 258 Å². The van der Waals surface area contributed by atoms with Gasteiger partial charge in [-0.25, -0.2) is 0 Å². The Morgan fingerprint density at radius 1 is 0.296 bits per heavy atom. The van der Waals surface area contributed by atoms with Crippen molar-refractivity contribution in [1.29, 1.82) is 0 Å². The van der Waals surface area contributed by atoms with Gasteiger partial charge in [-0.1, -0.05) is 239 Å². The van der Waals surface area contributed by atoms with Gasteiger partial charge in [0.2, 0.25) is 0 Å². The summed E-state index contributed by atoms with van der Waals surface area (Å²) in [6.45, 7) is 6.40. The Balaban J connectivity index is 4.59. The summed E-state index contributed by atoms with van der Waals surface area (Å²) in [4.78, 5) is 38.1. The molecule has 0 heterocycles. The molecule has 0 fully saturated rings. The minimum Gasteiger partial charge on any atom is -0.462 e. The van der Waals surface area contributed by atoms with Gasteiger partial charge >= 0.3 is 17.9 Å². The second-order valence-corrected chi connectivity index (χ2v) is 18.8. The van der Waals surface area contributed by atoms with Crippen LogP contribution in [-0.4, -0.2) is 37.2 Å². The van der Waals surface area contributed by atoms with E-state index in [1.807, 2.05) is 12.2 Å². The molecule has 1 unspecified atom stereocenters. The van der Waals surface area contributed by atoms with Crippen molar-refractivity contribution in [3.05, 3.63) is 122 Å². The summed E-state index contributed by atoms with van der Waals surface area (Å²) in [6, 6.07) is 0. The van der Waals surface area contributed by atoms with Crippen molar-refractivity contribution in [3.63, 3.8) is 0 Å². The van der Waals surface area contributed by atoms with E-state index in [-0.39, 0.29) is 44.0 Å². The Morgan fingerprint density at radius 3 is 1.00 bits per heavy atom. The fourth-order valence-electron chi connectivity index (χ4n) is 7.60. The number of ether oxygens (including phenoxy) is 3. The predicted octanol–water partition coefficient (Wildman–Crippen LogP) is 19.6. The lowest BCUT2D eigenvalue weighted by Gasteiger charge is -2.18. The minimum absolute atomic E-state index is 0.126. The smallest absolute Gasteiger partial charge is 0.306 e. The van der Waals surface area contributed by atoms with Gasteiger partial charge in [0.1, 0.15) is 13.2 Å². The van der Waals surface area contributed by atoms with Crippen molar-refractivity contribution in [2.75, 3.05) is 13.2 Å². The average Bonchev–Trinajstić information content (AvgIpc) is 3.37. The van der Waals surface area contributed by atoms with Crippen molar-refractivity contribution in [1.82, 2.24) is 0 Å². The zero-order valence-electron chi connectivity index (χ0n) is 45.9. The van der Waals surface area contributed by atoms with Crippen molar-refractivity contribution < 1.29 is 28.6 Å².